The number of sulfonamides is 1. The molecule has 0 aliphatic carbocycles. The van der Waals surface area contributed by atoms with E-state index in [0.29, 0.717) is 12.1 Å². The average Bonchev–Trinajstić information content (AvgIpc) is 2.19. The first-order valence-electron chi connectivity index (χ1n) is 4.72. The summed E-state index contributed by atoms with van der Waals surface area (Å²) in [7, 11) is -3.39. The molecule has 1 unspecified atom stereocenters. The molecule has 1 atom stereocenters. The van der Waals surface area contributed by atoms with E-state index in [4.69, 9.17) is 5.73 Å². The molecule has 3 N–H and O–H groups in total. The third kappa shape index (κ3) is 3.17. The minimum Gasteiger partial charge on any atom is -0.329 e. The second kappa shape index (κ2) is 5.09. The maximum atomic E-state index is 11.7. The van der Waals surface area contributed by atoms with Gasteiger partial charge in [0.2, 0.25) is 10.0 Å². The summed E-state index contributed by atoms with van der Waals surface area (Å²) in [6.07, 6.45) is 3.53. The average molecular weight is 229 g/mol. The lowest BCUT2D eigenvalue weighted by Crippen LogP contribution is -2.33. The Balaban J connectivity index is 2.81. The third-order valence-electron chi connectivity index (χ3n) is 2.08. The van der Waals surface area contributed by atoms with E-state index in [0.717, 1.165) is 0 Å². The van der Waals surface area contributed by atoms with Crippen molar-refractivity contribution in [3.8, 4) is 0 Å². The lowest BCUT2D eigenvalue weighted by molar-refractivity contribution is 0.581. The van der Waals surface area contributed by atoms with Gasteiger partial charge in [-0.1, -0.05) is 6.92 Å². The molecule has 0 saturated heterocycles. The van der Waals surface area contributed by atoms with E-state index in [9.17, 15) is 8.42 Å². The van der Waals surface area contributed by atoms with Gasteiger partial charge in [-0.3, -0.25) is 9.71 Å². The molecule has 1 rings (SSSR count). The van der Waals surface area contributed by atoms with Crippen molar-refractivity contribution in [3.63, 3.8) is 0 Å². The fraction of sp³-hybridized carbons (Fsp3) is 0.444. The van der Waals surface area contributed by atoms with Crippen LogP contribution in [0, 0.1) is 0 Å². The highest BCUT2D eigenvalue weighted by Crippen LogP contribution is 2.11. The van der Waals surface area contributed by atoms with Gasteiger partial charge >= 0.3 is 0 Å². The van der Waals surface area contributed by atoms with Crippen molar-refractivity contribution in [1.29, 1.82) is 0 Å². The predicted molar refractivity (Wildman–Crippen MR) is 59.9 cm³/mol. The molecular weight excluding hydrogens is 214 g/mol. The van der Waals surface area contributed by atoms with Crippen molar-refractivity contribution in [1.82, 2.24) is 4.98 Å². The normalized spacial score (nSPS) is 13.5. The van der Waals surface area contributed by atoms with Crippen LogP contribution in [0.25, 0.3) is 0 Å². The first-order valence-corrected chi connectivity index (χ1v) is 6.26. The van der Waals surface area contributed by atoms with Gasteiger partial charge < -0.3 is 5.73 Å². The van der Waals surface area contributed by atoms with Crippen molar-refractivity contribution < 1.29 is 8.42 Å². The van der Waals surface area contributed by atoms with Gasteiger partial charge in [0.25, 0.3) is 0 Å². The fourth-order valence-corrected chi connectivity index (χ4v) is 2.49. The lowest BCUT2D eigenvalue weighted by Gasteiger charge is -2.14. The topological polar surface area (TPSA) is 85.1 Å². The molecule has 0 aliphatic heterocycles. The van der Waals surface area contributed by atoms with Crippen molar-refractivity contribution in [2.24, 2.45) is 5.73 Å². The Morgan fingerprint density at radius 3 is 2.80 bits per heavy atom. The van der Waals surface area contributed by atoms with Gasteiger partial charge in [-0.05, 0) is 18.6 Å². The molecule has 0 bridgehead atoms. The van der Waals surface area contributed by atoms with Crippen LogP contribution in [0.4, 0.5) is 5.69 Å². The van der Waals surface area contributed by atoms with Gasteiger partial charge in [0, 0.05) is 12.7 Å². The van der Waals surface area contributed by atoms with Crippen molar-refractivity contribution in [2.75, 3.05) is 11.3 Å². The zero-order chi connectivity index (χ0) is 11.3. The zero-order valence-corrected chi connectivity index (χ0v) is 9.37. The second-order valence-corrected chi connectivity index (χ2v) is 5.12. The van der Waals surface area contributed by atoms with Crippen molar-refractivity contribution in [2.45, 2.75) is 18.6 Å². The van der Waals surface area contributed by atoms with Crippen LogP contribution in [0.15, 0.2) is 24.5 Å². The van der Waals surface area contributed by atoms with E-state index in [1.807, 2.05) is 0 Å². The van der Waals surface area contributed by atoms with E-state index in [1.54, 1.807) is 25.3 Å². The Labute approximate surface area is 89.8 Å². The summed E-state index contributed by atoms with van der Waals surface area (Å²) in [6, 6.07) is 3.31. The first kappa shape index (κ1) is 11.9. The molecule has 0 aliphatic rings. The lowest BCUT2D eigenvalue weighted by atomic mass is 10.3. The van der Waals surface area contributed by atoms with Gasteiger partial charge in [0.15, 0.2) is 0 Å². The van der Waals surface area contributed by atoms with Crippen LogP contribution in [-0.2, 0) is 10.0 Å². The Hall–Kier alpha value is -1.14. The highest BCUT2D eigenvalue weighted by atomic mass is 32.2. The van der Waals surface area contributed by atoms with E-state index in [-0.39, 0.29) is 6.54 Å². The number of anilines is 1. The minimum absolute atomic E-state index is 0.117. The number of hydrogen-bond acceptors (Lipinski definition) is 4. The molecule has 5 nitrogen and oxygen atoms in total. The monoisotopic (exact) mass is 229 g/mol. The standard InChI is InChI=1S/C9H15N3O2S/c1-2-9(6-10)15(13,14)12-8-4-3-5-11-7-8/h3-5,7,9,12H,2,6,10H2,1H3. The van der Waals surface area contributed by atoms with Crippen LogP contribution in [0.1, 0.15) is 13.3 Å². The first-order chi connectivity index (χ1) is 7.10. The number of aromatic nitrogens is 1. The van der Waals surface area contributed by atoms with Gasteiger partial charge in [-0.25, -0.2) is 8.42 Å². The Bertz CT molecular complexity index is 387. The summed E-state index contributed by atoms with van der Waals surface area (Å²) < 4.78 is 25.9. The Morgan fingerprint density at radius 1 is 1.60 bits per heavy atom. The van der Waals surface area contributed by atoms with Crippen molar-refractivity contribution in [3.05, 3.63) is 24.5 Å². The number of pyridine rings is 1. The summed E-state index contributed by atoms with van der Waals surface area (Å²) in [4.78, 5) is 3.82. The van der Waals surface area contributed by atoms with Gasteiger partial charge in [0.05, 0.1) is 17.1 Å². The summed E-state index contributed by atoms with van der Waals surface area (Å²) in [6.45, 7) is 1.91. The minimum atomic E-state index is -3.39. The largest absolute Gasteiger partial charge is 0.329 e. The fourth-order valence-electron chi connectivity index (χ4n) is 1.18. The van der Waals surface area contributed by atoms with E-state index in [2.05, 4.69) is 9.71 Å². The van der Waals surface area contributed by atoms with Crippen LogP contribution in [-0.4, -0.2) is 25.2 Å². The molecule has 6 heteroatoms. The highest BCUT2D eigenvalue weighted by Gasteiger charge is 2.21. The third-order valence-corrected chi connectivity index (χ3v) is 4.00. The Morgan fingerprint density at radius 2 is 2.33 bits per heavy atom. The number of nitrogens with zero attached hydrogens (tertiary/aromatic N) is 1. The number of nitrogens with one attached hydrogen (secondary N) is 1. The van der Waals surface area contributed by atoms with Crippen LogP contribution in [0.3, 0.4) is 0 Å². The van der Waals surface area contributed by atoms with Gasteiger partial charge in [0.1, 0.15) is 0 Å². The smallest absolute Gasteiger partial charge is 0.236 e. The van der Waals surface area contributed by atoms with Crippen molar-refractivity contribution >= 4 is 15.7 Å². The van der Waals surface area contributed by atoms with Crippen LogP contribution >= 0.6 is 0 Å². The molecule has 0 spiro atoms. The zero-order valence-electron chi connectivity index (χ0n) is 8.55. The molecule has 84 valence electrons. The van der Waals surface area contributed by atoms with Gasteiger partial charge in [-0.2, -0.15) is 0 Å². The maximum absolute atomic E-state index is 11.7. The van der Waals surface area contributed by atoms with Crippen LogP contribution in [0.2, 0.25) is 0 Å². The number of rotatable bonds is 5. The van der Waals surface area contributed by atoms with Gasteiger partial charge in [-0.15, -0.1) is 0 Å². The van der Waals surface area contributed by atoms with E-state index in [1.165, 1.54) is 6.20 Å². The molecule has 0 amide bonds. The molecule has 0 fully saturated rings. The summed E-state index contributed by atoms with van der Waals surface area (Å²) in [5.41, 5.74) is 5.85. The molecule has 0 radical (unpaired) electrons. The molecule has 1 heterocycles. The Kier molecular flexibility index (Phi) is 4.05. The molecular formula is C9H15N3O2S. The van der Waals surface area contributed by atoms with E-state index < -0.39 is 15.3 Å². The van der Waals surface area contributed by atoms with Crippen LogP contribution in [0.5, 0.6) is 0 Å². The summed E-state index contributed by atoms with van der Waals surface area (Å²) in [5, 5.41) is -0.558. The van der Waals surface area contributed by atoms with Crippen LogP contribution < -0.4 is 10.5 Å². The highest BCUT2D eigenvalue weighted by molar-refractivity contribution is 7.93. The summed E-state index contributed by atoms with van der Waals surface area (Å²) >= 11 is 0. The quantitative estimate of drug-likeness (QED) is 0.772. The summed E-state index contributed by atoms with van der Waals surface area (Å²) in [5.74, 6) is 0. The predicted octanol–water partition coefficient (Wildman–Crippen LogP) is 0.561. The van der Waals surface area contributed by atoms with E-state index >= 15 is 0 Å². The number of nitrogens with two attached hydrogens (primary N) is 1. The molecule has 0 aromatic carbocycles. The molecule has 15 heavy (non-hydrogen) atoms. The molecule has 1 aromatic rings. The molecule has 0 saturated carbocycles. The SMILES string of the molecule is CCC(CN)S(=O)(=O)Nc1cccnc1. The maximum Gasteiger partial charge on any atom is 0.236 e. The second-order valence-electron chi connectivity index (χ2n) is 3.15. The number of hydrogen-bond donors (Lipinski definition) is 2. The molecule has 1 aromatic heterocycles.